The summed E-state index contributed by atoms with van der Waals surface area (Å²) in [7, 11) is -0.569. The molecule has 0 radical (unpaired) electrons. The van der Waals surface area contributed by atoms with Crippen molar-refractivity contribution in [2.24, 2.45) is 0 Å². The molecule has 8 heteroatoms. The lowest BCUT2D eigenvalue weighted by atomic mass is 9.78. The fourth-order valence-electron chi connectivity index (χ4n) is 2.23. The van der Waals surface area contributed by atoms with Gasteiger partial charge in [0, 0.05) is 27.2 Å². The summed E-state index contributed by atoms with van der Waals surface area (Å²) in [4.78, 5) is 11.4. The van der Waals surface area contributed by atoms with E-state index >= 15 is 0 Å². The summed E-state index contributed by atoms with van der Waals surface area (Å²) in [6.45, 7) is 9.44. The monoisotopic (exact) mass is 492 g/mol. The average molecular weight is 494 g/mol. The number of carbonyl (C=O) groups is 1. The van der Waals surface area contributed by atoms with Crippen LogP contribution in [0, 0.1) is 5.82 Å². The van der Waals surface area contributed by atoms with Crippen LogP contribution in [0.1, 0.15) is 40.2 Å². The van der Waals surface area contributed by atoms with Gasteiger partial charge >= 0.3 is 7.12 Å². The minimum absolute atomic E-state index is 0.0136. The maximum absolute atomic E-state index is 13.5. The van der Waals surface area contributed by atoms with Crippen molar-refractivity contribution in [1.29, 1.82) is 0 Å². The molecule has 0 saturated carbocycles. The minimum atomic E-state index is -0.569. The first-order chi connectivity index (χ1) is 11.4. The number of rotatable bonds is 4. The average Bonchev–Trinajstić information content (AvgIpc) is 2.65. The van der Waals surface area contributed by atoms with E-state index in [0.717, 1.165) is 11.0 Å². The van der Waals surface area contributed by atoms with Crippen LogP contribution in [0.4, 0.5) is 4.39 Å². The topological polar surface area (TPSA) is 35.5 Å². The molecule has 1 fully saturated rings. The standard InChI is InChI=1S/C17H20BBr2FO3S/c1-10(22)25-9-11(18-23-16(2,3)17(4,5)24-18)6-13-14(19)7-12(21)8-15(13)20/h6-8H,9H2,1-5H3. The van der Waals surface area contributed by atoms with Gasteiger partial charge in [0.25, 0.3) is 0 Å². The Kier molecular flexibility index (Phi) is 6.64. The summed E-state index contributed by atoms with van der Waals surface area (Å²) in [5, 5.41) is 0.0136. The maximum atomic E-state index is 13.5. The summed E-state index contributed by atoms with van der Waals surface area (Å²) in [5.41, 5.74) is 0.631. The normalized spacial score (nSPS) is 19.4. The van der Waals surface area contributed by atoms with E-state index in [1.807, 2.05) is 33.8 Å². The Bertz CT molecular complexity index is 683. The molecule has 2 rings (SSSR count). The number of thioether (sulfide) groups is 1. The fraction of sp³-hybridized carbons (Fsp3) is 0.471. The van der Waals surface area contributed by atoms with E-state index in [2.05, 4.69) is 31.9 Å². The molecule has 0 unspecified atom stereocenters. The molecular formula is C17H20BBr2FO3S. The summed E-state index contributed by atoms with van der Waals surface area (Å²) in [6, 6.07) is 2.80. The molecule has 1 aliphatic rings. The molecule has 0 spiro atoms. The Morgan fingerprint density at radius 3 is 2.12 bits per heavy atom. The zero-order valence-electron chi connectivity index (χ0n) is 14.8. The predicted octanol–water partition coefficient (Wildman–Crippen LogP) is 5.65. The Hall–Kier alpha value is -0.145. The minimum Gasteiger partial charge on any atom is -0.400 e. The highest BCUT2D eigenvalue weighted by Crippen LogP contribution is 2.40. The lowest BCUT2D eigenvalue weighted by molar-refractivity contribution is -0.109. The van der Waals surface area contributed by atoms with E-state index in [-0.39, 0.29) is 10.9 Å². The summed E-state index contributed by atoms with van der Waals surface area (Å²) >= 11 is 7.97. The molecule has 1 heterocycles. The summed E-state index contributed by atoms with van der Waals surface area (Å²) < 4.78 is 27.0. The van der Waals surface area contributed by atoms with Crippen LogP contribution in [0.3, 0.4) is 0 Å². The van der Waals surface area contributed by atoms with Crippen LogP contribution >= 0.6 is 43.6 Å². The summed E-state index contributed by atoms with van der Waals surface area (Å²) in [6.07, 6.45) is 1.88. The van der Waals surface area contributed by atoms with Crippen molar-refractivity contribution in [2.45, 2.75) is 45.8 Å². The van der Waals surface area contributed by atoms with Crippen molar-refractivity contribution in [3.63, 3.8) is 0 Å². The van der Waals surface area contributed by atoms with E-state index in [0.29, 0.717) is 14.7 Å². The van der Waals surface area contributed by atoms with E-state index in [4.69, 9.17) is 9.31 Å². The molecule has 0 bridgehead atoms. The van der Waals surface area contributed by atoms with Crippen LogP contribution in [0.2, 0.25) is 0 Å². The van der Waals surface area contributed by atoms with Gasteiger partial charge in [0.2, 0.25) is 0 Å². The number of hydrogen-bond acceptors (Lipinski definition) is 4. The van der Waals surface area contributed by atoms with Crippen LogP contribution in [0.15, 0.2) is 26.6 Å². The quantitative estimate of drug-likeness (QED) is 0.508. The first-order valence-corrected chi connectivity index (χ1v) is 10.3. The van der Waals surface area contributed by atoms with Gasteiger partial charge in [0.1, 0.15) is 5.82 Å². The highest BCUT2D eigenvalue weighted by Gasteiger charge is 2.52. The van der Waals surface area contributed by atoms with E-state index < -0.39 is 18.3 Å². The molecule has 0 atom stereocenters. The molecule has 1 aromatic rings. The van der Waals surface area contributed by atoms with Gasteiger partial charge in [-0.1, -0.05) is 49.7 Å². The molecular weight excluding hydrogens is 474 g/mol. The predicted molar refractivity (Wildman–Crippen MR) is 109 cm³/mol. The molecule has 136 valence electrons. The lowest BCUT2D eigenvalue weighted by Gasteiger charge is -2.32. The Morgan fingerprint density at radius 1 is 1.20 bits per heavy atom. The van der Waals surface area contributed by atoms with Crippen LogP contribution < -0.4 is 0 Å². The Morgan fingerprint density at radius 2 is 1.68 bits per heavy atom. The van der Waals surface area contributed by atoms with Gasteiger partial charge in [-0.2, -0.15) is 0 Å². The zero-order chi connectivity index (χ0) is 19.0. The smallest absolute Gasteiger partial charge is 0.400 e. The molecule has 0 N–H and O–H groups in total. The van der Waals surface area contributed by atoms with Gasteiger partial charge in [-0.15, -0.1) is 0 Å². The van der Waals surface area contributed by atoms with Gasteiger partial charge in [-0.05, 0) is 45.3 Å². The second-order valence-electron chi connectivity index (χ2n) is 6.87. The lowest BCUT2D eigenvalue weighted by Crippen LogP contribution is -2.41. The van der Waals surface area contributed by atoms with Gasteiger partial charge in [0.05, 0.1) is 11.2 Å². The van der Waals surface area contributed by atoms with Crippen molar-refractivity contribution < 1.29 is 18.5 Å². The number of halogens is 3. The van der Waals surface area contributed by atoms with Crippen LogP contribution in [0.25, 0.3) is 6.08 Å². The Labute approximate surface area is 169 Å². The first-order valence-electron chi connectivity index (χ1n) is 7.77. The van der Waals surface area contributed by atoms with Crippen molar-refractivity contribution in [1.82, 2.24) is 0 Å². The van der Waals surface area contributed by atoms with Gasteiger partial charge in [-0.3, -0.25) is 4.79 Å². The fourth-order valence-corrected chi connectivity index (χ4v) is 4.18. The molecule has 1 aromatic carbocycles. The largest absolute Gasteiger partial charge is 0.491 e. The molecule has 0 amide bonds. The van der Waals surface area contributed by atoms with E-state index in [1.165, 1.54) is 30.8 Å². The van der Waals surface area contributed by atoms with Crippen molar-refractivity contribution in [2.75, 3.05) is 5.75 Å². The molecule has 3 nitrogen and oxygen atoms in total. The summed E-state index contributed by atoms with van der Waals surface area (Å²) in [5.74, 6) is 0.0915. The van der Waals surface area contributed by atoms with E-state index in [1.54, 1.807) is 0 Å². The van der Waals surface area contributed by atoms with Crippen molar-refractivity contribution >= 4 is 61.9 Å². The third-order valence-electron chi connectivity index (χ3n) is 4.37. The highest BCUT2D eigenvalue weighted by atomic mass is 79.9. The molecule has 25 heavy (non-hydrogen) atoms. The van der Waals surface area contributed by atoms with Gasteiger partial charge in [0.15, 0.2) is 5.12 Å². The highest BCUT2D eigenvalue weighted by molar-refractivity contribution is 9.11. The Balaban J connectivity index is 2.42. The van der Waals surface area contributed by atoms with Gasteiger partial charge < -0.3 is 9.31 Å². The molecule has 0 aromatic heterocycles. The third kappa shape index (κ3) is 4.98. The van der Waals surface area contributed by atoms with Crippen molar-refractivity contribution in [3.05, 3.63) is 37.9 Å². The third-order valence-corrected chi connectivity index (χ3v) is 6.57. The van der Waals surface area contributed by atoms with Crippen LogP contribution in [0.5, 0.6) is 0 Å². The second-order valence-corrected chi connectivity index (χ2v) is 9.73. The maximum Gasteiger partial charge on any atom is 0.491 e. The zero-order valence-corrected chi connectivity index (χ0v) is 18.8. The number of benzene rings is 1. The SMILES string of the molecule is CC(=O)SCC(=Cc1c(Br)cc(F)cc1Br)B1OC(C)(C)C(C)(C)O1. The second kappa shape index (κ2) is 7.84. The molecule has 0 aliphatic carbocycles. The molecule has 1 saturated heterocycles. The van der Waals surface area contributed by atoms with E-state index in [9.17, 15) is 9.18 Å². The molecule has 1 aliphatic heterocycles. The number of hydrogen-bond donors (Lipinski definition) is 0. The van der Waals surface area contributed by atoms with Gasteiger partial charge in [-0.25, -0.2) is 4.39 Å². The van der Waals surface area contributed by atoms with Crippen LogP contribution in [-0.2, 0) is 14.1 Å². The van der Waals surface area contributed by atoms with Crippen LogP contribution in [-0.4, -0.2) is 29.2 Å². The first kappa shape index (κ1) is 21.2. The number of carbonyl (C=O) groups excluding carboxylic acids is 1. The van der Waals surface area contributed by atoms with Crippen molar-refractivity contribution in [3.8, 4) is 0 Å².